The zero-order valence-corrected chi connectivity index (χ0v) is 11.1. The summed E-state index contributed by atoms with van der Waals surface area (Å²) in [5.74, 6) is -0.215. The maximum Gasteiger partial charge on any atom is 0.341 e. The molecule has 4 heteroatoms. The van der Waals surface area contributed by atoms with Gasteiger partial charge in [0.15, 0.2) is 0 Å². The third kappa shape index (κ3) is 2.41. The van der Waals surface area contributed by atoms with Gasteiger partial charge >= 0.3 is 5.97 Å². The van der Waals surface area contributed by atoms with Gasteiger partial charge in [-0.25, -0.2) is 9.79 Å². The Hall–Kier alpha value is -1.16. The fraction of sp³-hybridized carbons (Fsp3) is 0.538. The van der Waals surface area contributed by atoms with Crippen molar-refractivity contribution in [3.05, 3.63) is 16.0 Å². The summed E-state index contributed by atoms with van der Waals surface area (Å²) in [5.41, 5.74) is 1.89. The van der Waals surface area contributed by atoms with Crippen LogP contribution in [0.3, 0.4) is 0 Å². The van der Waals surface area contributed by atoms with E-state index in [1.165, 1.54) is 16.9 Å². The molecule has 0 saturated heterocycles. The summed E-state index contributed by atoms with van der Waals surface area (Å²) in [6.45, 7) is 4.12. The summed E-state index contributed by atoms with van der Waals surface area (Å²) in [6, 6.07) is 0. The molecule has 0 aromatic carbocycles. The van der Waals surface area contributed by atoms with Crippen LogP contribution in [0.1, 0.15) is 47.5 Å². The fourth-order valence-corrected chi connectivity index (χ4v) is 3.45. The molecule has 3 nitrogen and oxygen atoms in total. The van der Waals surface area contributed by atoms with Gasteiger partial charge in [-0.05, 0) is 45.1 Å². The van der Waals surface area contributed by atoms with Crippen LogP contribution in [0.2, 0.25) is 0 Å². The van der Waals surface area contributed by atoms with Crippen LogP contribution in [-0.2, 0) is 17.6 Å². The Labute approximate surface area is 106 Å². The van der Waals surface area contributed by atoms with Crippen molar-refractivity contribution >= 4 is 28.5 Å². The number of fused-ring (bicyclic) bond motifs is 1. The van der Waals surface area contributed by atoms with Crippen LogP contribution < -0.4 is 0 Å². The molecule has 0 unspecified atom stereocenters. The molecule has 1 aliphatic carbocycles. The molecule has 1 aromatic heterocycles. The minimum atomic E-state index is -0.215. The van der Waals surface area contributed by atoms with Gasteiger partial charge in [0.2, 0.25) is 0 Å². The van der Waals surface area contributed by atoms with Crippen molar-refractivity contribution in [2.45, 2.75) is 39.5 Å². The van der Waals surface area contributed by atoms with Crippen LogP contribution in [0, 0.1) is 0 Å². The average Bonchev–Trinajstić information content (AvgIpc) is 2.67. The topological polar surface area (TPSA) is 38.7 Å². The molecule has 0 saturated carbocycles. The number of hydrogen-bond donors (Lipinski definition) is 0. The molecule has 2 rings (SSSR count). The van der Waals surface area contributed by atoms with Gasteiger partial charge in [-0.3, -0.25) is 0 Å². The van der Waals surface area contributed by atoms with Gasteiger partial charge in [0.25, 0.3) is 0 Å². The third-order valence-electron chi connectivity index (χ3n) is 2.88. The first-order valence-corrected chi connectivity index (χ1v) is 6.90. The monoisotopic (exact) mass is 251 g/mol. The average molecular weight is 251 g/mol. The van der Waals surface area contributed by atoms with Crippen molar-refractivity contribution in [2.75, 3.05) is 6.61 Å². The van der Waals surface area contributed by atoms with E-state index in [-0.39, 0.29) is 5.97 Å². The quantitative estimate of drug-likeness (QED) is 0.609. The summed E-state index contributed by atoms with van der Waals surface area (Å²) < 4.78 is 5.13. The fourth-order valence-electron chi connectivity index (χ4n) is 2.17. The maximum absolute atomic E-state index is 12.0. The number of thiophene rings is 1. The highest BCUT2D eigenvalue weighted by atomic mass is 32.1. The lowest BCUT2D eigenvalue weighted by atomic mass is 9.95. The highest BCUT2D eigenvalue weighted by Crippen LogP contribution is 2.40. The number of hydrogen-bond acceptors (Lipinski definition) is 4. The van der Waals surface area contributed by atoms with Gasteiger partial charge < -0.3 is 4.74 Å². The van der Waals surface area contributed by atoms with E-state index < -0.39 is 0 Å². The lowest BCUT2D eigenvalue weighted by Gasteiger charge is -2.11. The van der Waals surface area contributed by atoms with Gasteiger partial charge in [-0.15, -0.1) is 11.3 Å². The molecule has 17 heavy (non-hydrogen) atoms. The van der Waals surface area contributed by atoms with Crippen molar-refractivity contribution in [2.24, 2.45) is 4.99 Å². The molecule has 1 heterocycles. The van der Waals surface area contributed by atoms with Gasteiger partial charge in [0.05, 0.1) is 12.2 Å². The molecule has 0 radical (unpaired) electrons. The molecule has 0 fully saturated rings. The molecule has 1 aromatic rings. The Bertz CT molecular complexity index is 449. The molecular weight excluding hydrogens is 234 g/mol. The van der Waals surface area contributed by atoms with E-state index in [1.807, 2.05) is 13.8 Å². The van der Waals surface area contributed by atoms with E-state index in [2.05, 4.69) is 4.99 Å². The summed E-state index contributed by atoms with van der Waals surface area (Å²) in [7, 11) is 0. The van der Waals surface area contributed by atoms with Crippen molar-refractivity contribution in [3.63, 3.8) is 0 Å². The molecule has 0 spiro atoms. The zero-order valence-electron chi connectivity index (χ0n) is 10.3. The van der Waals surface area contributed by atoms with Gasteiger partial charge in [-0.2, -0.15) is 0 Å². The number of carbonyl (C=O) groups excluding carboxylic acids is 1. The normalized spacial score (nSPS) is 14.9. The van der Waals surface area contributed by atoms with Crippen LogP contribution >= 0.6 is 11.3 Å². The predicted octanol–water partition coefficient (Wildman–Crippen LogP) is 3.53. The van der Waals surface area contributed by atoms with E-state index in [4.69, 9.17) is 4.74 Å². The lowest BCUT2D eigenvalue weighted by molar-refractivity contribution is 0.0526. The van der Waals surface area contributed by atoms with Crippen LogP contribution in [0.25, 0.3) is 0 Å². The maximum atomic E-state index is 12.0. The Morgan fingerprint density at radius 3 is 2.94 bits per heavy atom. The zero-order chi connectivity index (χ0) is 12.3. The van der Waals surface area contributed by atoms with Crippen molar-refractivity contribution in [1.82, 2.24) is 0 Å². The van der Waals surface area contributed by atoms with Crippen LogP contribution in [0.15, 0.2) is 4.99 Å². The summed E-state index contributed by atoms with van der Waals surface area (Å²) in [6.07, 6.45) is 6.17. The first kappa shape index (κ1) is 12.3. The highest BCUT2D eigenvalue weighted by molar-refractivity contribution is 7.16. The SMILES string of the molecule is CC=Nc1sc2c(c1C(=O)OCC)CCCC2. The van der Waals surface area contributed by atoms with Crippen molar-refractivity contribution in [1.29, 1.82) is 0 Å². The first-order valence-electron chi connectivity index (χ1n) is 6.08. The van der Waals surface area contributed by atoms with E-state index in [9.17, 15) is 4.79 Å². The molecule has 92 valence electrons. The number of ether oxygens (including phenoxy) is 1. The Kier molecular flexibility index (Phi) is 3.94. The molecular formula is C13H17NO2S. The van der Waals surface area contributed by atoms with E-state index in [1.54, 1.807) is 17.6 Å². The standard InChI is InChI=1S/C13H17NO2S/c1-3-14-12-11(13(15)16-4-2)9-7-5-6-8-10(9)17-12/h3H,4-8H2,1-2H3. The number of rotatable bonds is 3. The minimum Gasteiger partial charge on any atom is -0.462 e. The first-order chi connectivity index (χ1) is 8.27. The van der Waals surface area contributed by atoms with Crippen LogP contribution in [0.5, 0.6) is 0 Å². The molecule has 0 aliphatic heterocycles. The third-order valence-corrected chi connectivity index (χ3v) is 4.08. The molecule has 0 bridgehead atoms. The van der Waals surface area contributed by atoms with Gasteiger partial charge in [0.1, 0.15) is 5.00 Å². The van der Waals surface area contributed by atoms with Gasteiger partial charge in [0, 0.05) is 11.1 Å². The summed E-state index contributed by atoms with van der Waals surface area (Å²) >= 11 is 1.64. The second kappa shape index (κ2) is 5.45. The van der Waals surface area contributed by atoms with Crippen LogP contribution in [-0.4, -0.2) is 18.8 Å². The van der Waals surface area contributed by atoms with E-state index in [0.717, 1.165) is 24.3 Å². The molecule has 0 N–H and O–H groups in total. The number of carbonyl (C=O) groups is 1. The number of esters is 1. The molecule has 0 atom stereocenters. The number of nitrogens with zero attached hydrogens (tertiary/aromatic N) is 1. The highest BCUT2D eigenvalue weighted by Gasteiger charge is 2.25. The van der Waals surface area contributed by atoms with E-state index in [0.29, 0.717) is 12.2 Å². The summed E-state index contributed by atoms with van der Waals surface area (Å²) in [5, 5.41) is 0.817. The Morgan fingerprint density at radius 1 is 1.47 bits per heavy atom. The second-order valence-corrected chi connectivity index (χ2v) is 5.08. The van der Waals surface area contributed by atoms with Crippen molar-refractivity contribution in [3.8, 4) is 0 Å². The number of aliphatic imine (C=N–C) groups is 1. The molecule has 0 amide bonds. The van der Waals surface area contributed by atoms with Gasteiger partial charge in [-0.1, -0.05) is 0 Å². The lowest BCUT2D eigenvalue weighted by Crippen LogP contribution is -2.09. The summed E-state index contributed by atoms with van der Waals surface area (Å²) in [4.78, 5) is 17.6. The second-order valence-electron chi connectivity index (χ2n) is 4.00. The van der Waals surface area contributed by atoms with E-state index >= 15 is 0 Å². The van der Waals surface area contributed by atoms with Crippen molar-refractivity contribution < 1.29 is 9.53 Å². The smallest absolute Gasteiger partial charge is 0.341 e. The predicted molar refractivity (Wildman–Crippen MR) is 70.7 cm³/mol. The minimum absolute atomic E-state index is 0.215. The van der Waals surface area contributed by atoms with Crippen LogP contribution in [0.4, 0.5) is 5.00 Å². The largest absolute Gasteiger partial charge is 0.462 e. The Morgan fingerprint density at radius 2 is 2.24 bits per heavy atom. The Balaban J connectivity index is 2.45. The molecule has 1 aliphatic rings. The number of aryl methyl sites for hydroxylation is 1.